The van der Waals surface area contributed by atoms with Gasteiger partial charge >= 0.3 is 0 Å². The zero-order valence-electron chi connectivity index (χ0n) is 13.8. The zero-order valence-corrected chi connectivity index (χ0v) is 15.4. The number of benzene rings is 1. The standard InChI is InChI=1S/C18H17BrN4O2/c1-12-7-6-10-16(20-12)21-17(24)13(2)25-18-15(19)11-23(22-18)14-8-4-3-5-9-14/h3-11,13H,1-2H3,(H,20,21,24). The maximum atomic E-state index is 12.3. The number of aryl methyl sites for hydroxylation is 1. The maximum absolute atomic E-state index is 12.3. The number of aromatic nitrogens is 3. The summed E-state index contributed by atoms with van der Waals surface area (Å²) in [6, 6.07) is 15.1. The number of pyridine rings is 1. The largest absolute Gasteiger partial charge is 0.463 e. The molecule has 0 saturated carbocycles. The first-order valence-corrected chi connectivity index (χ1v) is 8.54. The second-order valence-electron chi connectivity index (χ2n) is 5.48. The van der Waals surface area contributed by atoms with Crippen LogP contribution >= 0.6 is 15.9 Å². The number of para-hydroxylation sites is 1. The highest BCUT2D eigenvalue weighted by molar-refractivity contribution is 9.10. The first kappa shape index (κ1) is 17.2. The van der Waals surface area contributed by atoms with Crippen molar-refractivity contribution in [2.75, 3.05) is 5.32 Å². The molecule has 1 aromatic carbocycles. The van der Waals surface area contributed by atoms with Gasteiger partial charge in [-0.25, -0.2) is 9.67 Å². The van der Waals surface area contributed by atoms with Crippen molar-refractivity contribution in [2.45, 2.75) is 20.0 Å². The molecular weight excluding hydrogens is 384 g/mol. The number of nitrogens with one attached hydrogen (secondary N) is 1. The first-order chi connectivity index (χ1) is 12.0. The van der Waals surface area contributed by atoms with E-state index in [9.17, 15) is 4.79 Å². The SMILES string of the molecule is Cc1cccc(NC(=O)C(C)Oc2nn(-c3ccccc3)cc2Br)n1. The fraction of sp³-hybridized carbons (Fsp3) is 0.167. The minimum absolute atomic E-state index is 0.292. The summed E-state index contributed by atoms with van der Waals surface area (Å²) in [5, 5.41) is 7.11. The average Bonchev–Trinajstić information content (AvgIpc) is 2.96. The van der Waals surface area contributed by atoms with Crippen LogP contribution in [0.25, 0.3) is 5.69 Å². The third kappa shape index (κ3) is 4.24. The van der Waals surface area contributed by atoms with Gasteiger partial charge in [0.25, 0.3) is 5.91 Å². The molecule has 1 amide bonds. The highest BCUT2D eigenvalue weighted by Gasteiger charge is 2.19. The van der Waals surface area contributed by atoms with E-state index in [1.807, 2.05) is 49.4 Å². The van der Waals surface area contributed by atoms with E-state index in [1.54, 1.807) is 23.9 Å². The highest BCUT2D eigenvalue weighted by Crippen LogP contribution is 2.25. The summed E-state index contributed by atoms with van der Waals surface area (Å²) >= 11 is 3.42. The molecule has 128 valence electrons. The van der Waals surface area contributed by atoms with Crippen LogP contribution in [0, 0.1) is 6.92 Å². The molecule has 2 heterocycles. The molecule has 1 atom stereocenters. The third-order valence-electron chi connectivity index (χ3n) is 3.46. The molecule has 0 radical (unpaired) electrons. The van der Waals surface area contributed by atoms with E-state index in [2.05, 4.69) is 31.3 Å². The molecule has 7 heteroatoms. The number of hydrogen-bond acceptors (Lipinski definition) is 4. The van der Waals surface area contributed by atoms with Gasteiger partial charge in [-0.2, -0.15) is 0 Å². The second-order valence-corrected chi connectivity index (χ2v) is 6.33. The Morgan fingerprint density at radius 3 is 2.68 bits per heavy atom. The summed E-state index contributed by atoms with van der Waals surface area (Å²) in [6.45, 7) is 3.53. The number of rotatable bonds is 5. The third-order valence-corrected chi connectivity index (χ3v) is 4.00. The van der Waals surface area contributed by atoms with Crippen LogP contribution in [0.2, 0.25) is 0 Å². The number of amides is 1. The smallest absolute Gasteiger partial charge is 0.266 e. The molecule has 3 aromatic rings. The average molecular weight is 401 g/mol. The molecule has 0 aliphatic heterocycles. The Hall–Kier alpha value is -2.67. The Balaban J connectivity index is 1.69. The van der Waals surface area contributed by atoms with E-state index < -0.39 is 6.10 Å². The van der Waals surface area contributed by atoms with Gasteiger partial charge in [0.05, 0.1) is 10.2 Å². The van der Waals surface area contributed by atoms with Crippen LogP contribution in [-0.4, -0.2) is 26.8 Å². The Morgan fingerprint density at radius 2 is 1.96 bits per heavy atom. The van der Waals surface area contributed by atoms with Gasteiger partial charge < -0.3 is 10.1 Å². The van der Waals surface area contributed by atoms with E-state index in [-0.39, 0.29) is 5.91 Å². The Kier molecular flexibility index (Phi) is 5.14. The number of nitrogens with zero attached hydrogens (tertiary/aromatic N) is 3. The number of halogens is 1. The molecule has 0 fully saturated rings. The number of ether oxygens (including phenoxy) is 1. The summed E-state index contributed by atoms with van der Waals surface area (Å²) in [5.74, 6) is 0.553. The van der Waals surface area contributed by atoms with Gasteiger partial charge in [-0.1, -0.05) is 24.3 Å². The lowest BCUT2D eigenvalue weighted by molar-refractivity contribution is -0.122. The van der Waals surface area contributed by atoms with Crippen molar-refractivity contribution in [2.24, 2.45) is 0 Å². The lowest BCUT2D eigenvalue weighted by Crippen LogP contribution is -2.30. The normalized spacial score (nSPS) is 11.8. The topological polar surface area (TPSA) is 69.0 Å². The molecule has 25 heavy (non-hydrogen) atoms. The van der Waals surface area contributed by atoms with Crippen LogP contribution in [0.5, 0.6) is 5.88 Å². The molecular formula is C18H17BrN4O2. The van der Waals surface area contributed by atoms with Gasteiger partial charge in [-0.3, -0.25) is 4.79 Å². The molecule has 6 nitrogen and oxygen atoms in total. The summed E-state index contributed by atoms with van der Waals surface area (Å²) in [4.78, 5) is 16.5. The van der Waals surface area contributed by atoms with Crippen LogP contribution in [0.15, 0.2) is 59.2 Å². The minimum Gasteiger partial charge on any atom is -0.463 e. The lowest BCUT2D eigenvalue weighted by Gasteiger charge is -2.13. The van der Waals surface area contributed by atoms with Crippen LogP contribution in [-0.2, 0) is 4.79 Å². The maximum Gasteiger partial charge on any atom is 0.266 e. The van der Waals surface area contributed by atoms with Crippen molar-refractivity contribution in [1.29, 1.82) is 0 Å². The van der Waals surface area contributed by atoms with Gasteiger partial charge in [-0.05, 0) is 54.0 Å². The fourth-order valence-electron chi connectivity index (χ4n) is 2.19. The predicted molar refractivity (Wildman–Crippen MR) is 99.0 cm³/mol. The van der Waals surface area contributed by atoms with Crippen LogP contribution in [0.4, 0.5) is 5.82 Å². The predicted octanol–water partition coefficient (Wildman–Crippen LogP) is 3.74. The van der Waals surface area contributed by atoms with Crippen molar-refractivity contribution in [1.82, 2.24) is 14.8 Å². The summed E-state index contributed by atoms with van der Waals surface area (Å²) < 4.78 is 8.05. The highest BCUT2D eigenvalue weighted by atomic mass is 79.9. The van der Waals surface area contributed by atoms with Gasteiger partial charge in [0, 0.05) is 11.9 Å². The monoisotopic (exact) mass is 400 g/mol. The summed E-state index contributed by atoms with van der Waals surface area (Å²) in [7, 11) is 0. The van der Waals surface area contributed by atoms with Crippen molar-refractivity contribution >= 4 is 27.7 Å². The van der Waals surface area contributed by atoms with Gasteiger partial charge in [0.2, 0.25) is 5.88 Å². The molecule has 2 aromatic heterocycles. The molecule has 0 spiro atoms. The molecule has 0 saturated heterocycles. The van der Waals surface area contributed by atoms with E-state index in [0.29, 0.717) is 16.2 Å². The molecule has 1 unspecified atom stereocenters. The van der Waals surface area contributed by atoms with Crippen molar-refractivity contribution in [3.8, 4) is 11.6 Å². The number of anilines is 1. The van der Waals surface area contributed by atoms with Crippen molar-refractivity contribution < 1.29 is 9.53 Å². The van der Waals surface area contributed by atoms with Crippen LogP contribution in [0.1, 0.15) is 12.6 Å². The molecule has 0 aliphatic rings. The molecule has 0 bridgehead atoms. The zero-order chi connectivity index (χ0) is 17.8. The van der Waals surface area contributed by atoms with Crippen LogP contribution in [0.3, 0.4) is 0 Å². The number of carbonyl (C=O) groups is 1. The van der Waals surface area contributed by atoms with Crippen molar-refractivity contribution in [3.63, 3.8) is 0 Å². The Labute approximate surface area is 154 Å². The minimum atomic E-state index is -0.724. The second kappa shape index (κ2) is 7.48. The van der Waals surface area contributed by atoms with E-state index in [0.717, 1.165) is 11.4 Å². The van der Waals surface area contributed by atoms with E-state index in [1.165, 1.54) is 0 Å². The molecule has 0 aliphatic carbocycles. The summed E-state index contributed by atoms with van der Waals surface area (Å²) in [6.07, 6.45) is 1.06. The lowest BCUT2D eigenvalue weighted by atomic mass is 10.3. The van der Waals surface area contributed by atoms with Crippen molar-refractivity contribution in [3.05, 3.63) is 64.9 Å². The molecule has 3 rings (SSSR count). The van der Waals surface area contributed by atoms with Gasteiger partial charge in [-0.15, -0.1) is 5.10 Å². The van der Waals surface area contributed by atoms with E-state index >= 15 is 0 Å². The van der Waals surface area contributed by atoms with E-state index in [4.69, 9.17) is 4.74 Å². The molecule has 1 N–H and O–H groups in total. The number of carbonyl (C=O) groups excluding carboxylic acids is 1. The fourth-order valence-corrected chi connectivity index (χ4v) is 2.56. The van der Waals surface area contributed by atoms with Gasteiger partial charge in [0.15, 0.2) is 6.10 Å². The van der Waals surface area contributed by atoms with Crippen LogP contribution < -0.4 is 10.1 Å². The first-order valence-electron chi connectivity index (χ1n) is 7.74. The quantitative estimate of drug-likeness (QED) is 0.707. The van der Waals surface area contributed by atoms with Gasteiger partial charge in [0.1, 0.15) is 5.82 Å². The Morgan fingerprint density at radius 1 is 1.20 bits per heavy atom. The number of hydrogen-bond donors (Lipinski definition) is 1. The summed E-state index contributed by atoms with van der Waals surface area (Å²) in [5.41, 5.74) is 1.73. The Bertz CT molecular complexity index is 880.